The average Bonchev–Trinajstić information content (AvgIpc) is 2.36. The van der Waals surface area contributed by atoms with E-state index in [1.165, 1.54) is 23.1 Å². The molecule has 0 aliphatic heterocycles. The van der Waals surface area contributed by atoms with Crippen LogP contribution in [0.3, 0.4) is 0 Å². The molecule has 0 spiro atoms. The molecule has 0 bridgehead atoms. The highest BCUT2D eigenvalue weighted by Gasteiger charge is 2.03. The first-order chi connectivity index (χ1) is 5.72. The molecule has 0 radical (unpaired) electrons. The summed E-state index contributed by atoms with van der Waals surface area (Å²) in [7, 11) is 0. The molecule has 1 amide bonds. The molecule has 1 aromatic heterocycles. The minimum atomic E-state index is -0.00986. The van der Waals surface area contributed by atoms with Gasteiger partial charge in [0, 0.05) is 0 Å². The van der Waals surface area contributed by atoms with Crippen LogP contribution >= 0.6 is 39.0 Å². The van der Waals surface area contributed by atoms with Crippen LogP contribution in [0.2, 0.25) is 0 Å². The standard InChI is InChI=1S/C6H7BrN2OS2/c1-11-3-5(10)9-6-8-2-4(7)12-6/h2H,3H2,1H3,(H,8,9,10). The second kappa shape index (κ2) is 4.84. The van der Waals surface area contributed by atoms with Crippen molar-refractivity contribution in [2.75, 3.05) is 17.3 Å². The number of aromatic nitrogens is 1. The Morgan fingerprint density at radius 3 is 3.17 bits per heavy atom. The zero-order valence-corrected chi connectivity index (χ0v) is 9.55. The van der Waals surface area contributed by atoms with Gasteiger partial charge >= 0.3 is 0 Å². The highest BCUT2D eigenvalue weighted by Crippen LogP contribution is 2.22. The molecule has 0 unspecified atom stereocenters. The highest BCUT2D eigenvalue weighted by molar-refractivity contribution is 9.11. The van der Waals surface area contributed by atoms with Crippen molar-refractivity contribution >= 4 is 50.1 Å². The molecular formula is C6H7BrN2OS2. The highest BCUT2D eigenvalue weighted by atomic mass is 79.9. The van der Waals surface area contributed by atoms with Gasteiger partial charge in [0.15, 0.2) is 5.13 Å². The van der Waals surface area contributed by atoms with E-state index in [-0.39, 0.29) is 5.91 Å². The lowest BCUT2D eigenvalue weighted by molar-refractivity contribution is -0.113. The van der Waals surface area contributed by atoms with E-state index in [4.69, 9.17) is 0 Å². The third-order valence-electron chi connectivity index (χ3n) is 0.999. The summed E-state index contributed by atoms with van der Waals surface area (Å²) in [5.74, 6) is 0.460. The van der Waals surface area contributed by atoms with Crippen molar-refractivity contribution < 1.29 is 4.79 Å². The van der Waals surface area contributed by atoms with Gasteiger partial charge in [-0.25, -0.2) is 4.98 Å². The van der Waals surface area contributed by atoms with Gasteiger partial charge in [-0.15, -0.1) is 0 Å². The SMILES string of the molecule is CSCC(=O)Nc1ncc(Br)s1. The number of carbonyl (C=O) groups is 1. The maximum Gasteiger partial charge on any atom is 0.236 e. The summed E-state index contributed by atoms with van der Waals surface area (Å²) < 4.78 is 0.918. The fourth-order valence-electron chi connectivity index (χ4n) is 0.599. The Kier molecular flexibility index (Phi) is 4.03. The van der Waals surface area contributed by atoms with E-state index in [0.717, 1.165) is 3.79 Å². The Hall–Kier alpha value is -0.0700. The predicted molar refractivity (Wildman–Crippen MR) is 56.8 cm³/mol. The summed E-state index contributed by atoms with van der Waals surface area (Å²) in [6, 6.07) is 0. The van der Waals surface area contributed by atoms with Crippen LogP contribution in [-0.2, 0) is 4.79 Å². The minimum absolute atomic E-state index is 0.00986. The molecule has 1 heterocycles. The van der Waals surface area contributed by atoms with Crippen LogP contribution in [-0.4, -0.2) is 22.9 Å². The molecule has 0 saturated carbocycles. The molecule has 0 fully saturated rings. The number of amides is 1. The Morgan fingerprint density at radius 1 is 1.92 bits per heavy atom. The van der Waals surface area contributed by atoms with Crippen molar-refractivity contribution in [1.82, 2.24) is 4.98 Å². The number of halogens is 1. The first-order valence-electron chi connectivity index (χ1n) is 3.12. The number of thioether (sulfide) groups is 1. The van der Waals surface area contributed by atoms with Crippen LogP contribution < -0.4 is 5.32 Å². The van der Waals surface area contributed by atoms with E-state index < -0.39 is 0 Å². The van der Waals surface area contributed by atoms with Crippen molar-refractivity contribution in [3.05, 3.63) is 9.98 Å². The zero-order chi connectivity index (χ0) is 8.97. The second-order valence-electron chi connectivity index (χ2n) is 1.95. The molecule has 1 N–H and O–H groups in total. The normalized spacial score (nSPS) is 9.83. The van der Waals surface area contributed by atoms with Gasteiger partial charge in [-0.2, -0.15) is 11.8 Å². The molecule has 0 atom stereocenters. The van der Waals surface area contributed by atoms with Crippen molar-refractivity contribution in [3.8, 4) is 0 Å². The Morgan fingerprint density at radius 2 is 2.67 bits per heavy atom. The molecular weight excluding hydrogens is 260 g/mol. The number of nitrogens with one attached hydrogen (secondary N) is 1. The van der Waals surface area contributed by atoms with Gasteiger partial charge in [-0.3, -0.25) is 4.79 Å². The van der Waals surface area contributed by atoms with Crippen molar-refractivity contribution in [1.29, 1.82) is 0 Å². The van der Waals surface area contributed by atoms with Crippen molar-refractivity contribution in [2.45, 2.75) is 0 Å². The third kappa shape index (κ3) is 3.12. The minimum Gasteiger partial charge on any atom is -0.301 e. The summed E-state index contributed by atoms with van der Waals surface area (Å²) >= 11 is 6.16. The van der Waals surface area contributed by atoms with Crippen LogP contribution in [0.5, 0.6) is 0 Å². The number of anilines is 1. The van der Waals surface area contributed by atoms with Gasteiger partial charge in [0.1, 0.15) is 0 Å². The summed E-state index contributed by atoms with van der Waals surface area (Å²) in [6.45, 7) is 0. The molecule has 0 aliphatic carbocycles. The second-order valence-corrected chi connectivity index (χ2v) is 5.23. The maximum atomic E-state index is 11.0. The lowest BCUT2D eigenvalue weighted by Gasteiger charge is -1.97. The van der Waals surface area contributed by atoms with Crippen molar-refractivity contribution in [2.24, 2.45) is 0 Å². The van der Waals surface area contributed by atoms with Crippen LogP contribution in [0.4, 0.5) is 5.13 Å². The van der Waals surface area contributed by atoms with Crippen molar-refractivity contribution in [3.63, 3.8) is 0 Å². The van der Waals surface area contributed by atoms with Gasteiger partial charge in [-0.1, -0.05) is 11.3 Å². The summed E-state index contributed by atoms with van der Waals surface area (Å²) in [4.78, 5) is 15.0. The van der Waals surface area contributed by atoms with Crippen LogP contribution in [0.15, 0.2) is 9.98 Å². The van der Waals surface area contributed by atoms with E-state index in [9.17, 15) is 4.79 Å². The molecule has 0 saturated heterocycles. The third-order valence-corrected chi connectivity index (χ3v) is 2.94. The fourth-order valence-corrected chi connectivity index (χ4v) is 2.06. The fraction of sp³-hybridized carbons (Fsp3) is 0.333. The first kappa shape index (κ1) is 10.0. The number of thiazole rings is 1. The molecule has 0 aliphatic rings. The Balaban J connectivity index is 2.46. The van der Waals surface area contributed by atoms with Gasteiger partial charge in [-0.05, 0) is 22.2 Å². The zero-order valence-electron chi connectivity index (χ0n) is 6.33. The van der Waals surface area contributed by atoms with E-state index >= 15 is 0 Å². The molecule has 12 heavy (non-hydrogen) atoms. The topological polar surface area (TPSA) is 42.0 Å². The van der Waals surface area contributed by atoms with E-state index in [1.54, 1.807) is 6.20 Å². The van der Waals surface area contributed by atoms with Gasteiger partial charge in [0.2, 0.25) is 5.91 Å². The molecule has 1 aromatic rings. The van der Waals surface area contributed by atoms with Crippen LogP contribution in [0.25, 0.3) is 0 Å². The van der Waals surface area contributed by atoms with Gasteiger partial charge < -0.3 is 5.32 Å². The van der Waals surface area contributed by atoms with Gasteiger partial charge in [0.25, 0.3) is 0 Å². The Bertz CT molecular complexity index is 276. The largest absolute Gasteiger partial charge is 0.301 e. The summed E-state index contributed by atoms with van der Waals surface area (Å²) in [5, 5.41) is 3.32. The van der Waals surface area contributed by atoms with Gasteiger partial charge in [0.05, 0.1) is 15.7 Å². The van der Waals surface area contributed by atoms with E-state index in [1.807, 2.05) is 6.26 Å². The summed E-state index contributed by atoms with van der Waals surface area (Å²) in [6.07, 6.45) is 3.55. The van der Waals surface area contributed by atoms with E-state index in [0.29, 0.717) is 10.9 Å². The molecule has 6 heteroatoms. The first-order valence-corrected chi connectivity index (χ1v) is 6.13. The number of rotatable bonds is 3. The van der Waals surface area contributed by atoms with Crippen LogP contribution in [0, 0.1) is 0 Å². The number of hydrogen-bond donors (Lipinski definition) is 1. The van der Waals surface area contributed by atoms with E-state index in [2.05, 4.69) is 26.2 Å². The monoisotopic (exact) mass is 266 g/mol. The quantitative estimate of drug-likeness (QED) is 0.912. The van der Waals surface area contributed by atoms with Crippen LogP contribution in [0.1, 0.15) is 0 Å². The maximum absolute atomic E-state index is 11.0. The lowest BCUT2D eigenvalue weighted by Crippen LogP contribution is -2.13. The molecule has 0 aromatic carbocycles. The number of nitrogens with zero attached hydrogens (tertiary/aromatic N) is 1. The molecule has 1 rings (SSSR count). The smallest absolute Gasteiger partial charge is 0.236 e. The molecule has 3 nitrogen and oxygen atoms in total. The molecule has 66 valence electrons. The average molecular weight is 267 g/mol. The number of carbonyl (C=O) groups excluding carboxylic acids is 1. The lowest BCUT2D eigenvalue weighted by atomic mass is 10.7. The Labute approximate surface area is 87.1 Å². The number of hydrogen-bond acceptors (Lipinski definition) is 4. The summed E-state index contributed by atoms with van der Waals surface area (Å²) in [5.41, 5.74) is 0. The predicted octanol–water partition coefficient (Wildman–Crippen LogP) is 2.21.